The molecule has 0 aromatic heterocycles. The fourth-order valence-corrected chi connectivity index (χ4v) is 4.31. The van der Waals surface area contributed by atoms with Crippen LogP contribution >= 0.6 is 64.2 Å². The number of carbonyl (C=O) groups is 3. The van der Waals surface area contributed by atoms with E-state index in [0.29, 0.717) is 34.6 Å². The molecule has 2 aliphatic heterocycles. The van der Waals surface area contributed by atoms with Crippen LogP contribution in [0.4, 0.5) is 0 Å². The van der Waals surface area contributed by atoms with E-state index in [9.17, 15) is 14.4 Å². The zero-order valence-corrected chi connectivity index (χ0v) is 34.2. The Kier molecular flexibility index (Phi) is 35.2. The van der Waals surface area contributed by atoms with Crippen molar-refractivity contribution in [1.82, 2.24) is 10.6 Å². The normalized spacial score (nSPS) is 11.0. The third kappa shape index (κ3) is 24.7. The molecule has 2 aliphatic rings. The number of hydrogen-bond acceptors (Lipinski definition) is 10. The number of hydrogen-bond donors (Lipinski definition) is 8. The summed E-state index contributed by atoms with van der Waals surface area (Å²) in [5.41, 5.74) is 23.4. The number of fused-ring (bicyclic) bond motifs is 1. The number of rotatable bonds is 5. The van der Waals surface area contributed by atoms with Crippen molar-refractivity contribution in [2.45, 2.75) is 31.8 Å². The molecule has 12 N–H and O–H groups in total. The number of nitrogens with one attached hydrogen (secondary N) is 3. The number of alkyl halides is 2. The Morgan fingerprint density at radius 3 is 1.69 bits per heavy atom. The van der Waals surface area contributed by atoms with E-state index in [1.165, 1.54) is 31.7 Å². The summed E-state index contributed by atoms with van der Waals surface area (Å²) in [7, 11) is 4.66. The molecule has 1 saturated heterocycles. The van der Waals surface area contributed by atoms with Crippen LogP contribution in [0.5, 0.6) is 0 Å². The third-order valence-corrected chi connectivity index (χ3v) is 6.72. The van der Waals surface area contributed by atoms with E-state index in [1.54, 1.807) is 50.5 Å². The third-order valence-electron chi connectivity index (χ3n) is 5.96. The van der Waals surface area contributed by atoms with E-state index in [1.807, 2.05) is 36.4 Å². The second-order valence-corrected chi connectivity index (χ2v) is 11.6. The predicted octanol–water partition coefficient (Wildman–Crippen LogP) is 4.63. The van der Waals surface area contributed by atoms with Crippen molar-refractivity contribution in [2.75, 3.05) is 39.7 Å². The molecule has 13 nitrogen and oxygen atoms in total. The first kappa shape index (κ1) is 52.9. The fraction of sp³-hybridized carbons (Fsp3) is 0.324. The zero-order chi connectivity index (χ0) is 39.0. The molecule has 290 valence electrons. The maximum atomic E-state index is 11.5. The first-order chi connectivity index (χ1) is 24.5. The van der Waals surface area contributed by atoms with Gasteiger partial charge in [-0.15, -0.1) is 40.2 Å². The van der Waals surface area contributed by atoms with Gasteiger partial charge in [-0.1, -0.05) is 66.4 Å². The minimum atomic E-state index is -0.199. The van der Waals surface area contributed by atoms with Crippen LogP contribution in [0.3, 0.4) is 0 Å². The van der Waals surface area contributed by atoms with Gasteiger partial charge >= 0.3 is 5.97 Å². The first-order valence-corrected chi connectivity index (χ1v) is 17.7. The van der Waals surface area contributed by atoms with Crippen molar-refractivity contribution in [3.63, 3.8) is 0 Å². The number of halogens is 3. The van der Waals surface area contributed by atoms with Gasteiger partial charge in [0, 0.05) is 49.8 Å². The first-order valence-electron chi connectivity index (χ1n) is 15.2. The lowest BCUT2D eigenvalue weighted by Crippen LogP contribution is -2.19. The van der Waals surface area contributed by atoms with E-state index in [2.05, 4.69) is 40.1 Å². The van der Waals surface area contributed by atoms with Crippen LogP contribution in [-0.2, 0) is 28.4 Å². The monoisotopic (exact) mass is 865 g/mol. The number of ether oxygens (including phenoxy) is 2. The van der Waals surface area contributed by atoms with Gasteiger partial charge in [-0.05, 0) is 61.4 Å². The molecule has 2 heterocycles. The summed E-state index contributed by atoms with van der Waals surface area (Å²) in [5.74, 6) is 0.0591. The summed E-state index contributed by atoms with van der Waals surface area (Å²) in [6, 6.07) is 21.7. The minimum Gasteiger partial charge on any atom is -0.457 e. The van der Waals surface area contributed by atoms with E-state index in [0.717, 1.165) is 24.3 Å². The topological polar surface area (TPSA) is 242 Å². The molecule has 0 saturated carbocycles. The molecule has 0 radical (unpaired) electrons. The molecule has 0 bridgehead atoms. The predicted molar refractivity (Wildman–Crippen MR) is 222 cm³/mol. The number of cyclic esters (lactones) is 1. The number of esters is 1. The average Bonchev–Trinajstić information content (AvgIpc) is 3.86. The van der Waals surface area contributed by atoms with Gasteiger partial charge < -0.3 is 48.1 Å². The summed E-state index contributed by atoms with van der Waals surface area (Å²) in [6.45, 7) is 2.33. The van der Waals surface area contributed by atoms with Gasteiger partial charge in [-0.25, -0.2) is 4.79 Å². The molecule has 5 rings (SSSR count). The fourth-order valence-electron chi connectivity index (χ4n) is 3.75. The Morgan fingerprint density at radius 1 is 0.865 bits per heavy atom. The second-order valence-electron chi connectivity index (χ2n) is 9.34. The summed E-state index contributed by atoms with van der Waals surface area (Å²) >= 11 is 14.8. The molecule has 3 aromatic carbocycles. The van der Waals surface area contributed by atoms with Crippen molar-refractivity contribution < 1.29 is 29.0 Å². The van der Waals surface area contributed by atoms with Gasteiger partial charge in [-0.2, -0.15) is 0 Å². The molecule has 0 spiro atoms. The highest BCUT2D eigenvalue weighted by Crippen LogP contribution is 2.18. The summed E-state index contributed by atoms with van der Waals surface area (Å²) in [4.78, 5) is 33.5. The highest BCUT2D eigenvalue weighted by atomic mass is 79.9. The van der Waals surface area contributed by atoms with Gasteiger partial charge in [0.25, 0.3) is 11.8 Å². The lowest BCUT2D eigenvalue weighted by molar-refractivity contribution is 0.0534. The largest absolute Gasteiger partial charge is 0.457 e. The number of aliphatic hydroxyl groups is 1. The Balaban J connectivity index is -0.000000587. The van der Waals surface area contributed by atoms with E-state index < -0.39 is 0 Å². The van der Waals surface area contributed by atoms with E-state index in [4.69, 9.17) is 48.9 Å². The Hall–Kier alpha value is -3.48. The summed E-state index contributed by atoms with van der Waals surface area (Å²) in [5, 5.41) is 21.3. The maximum Gasteiger partial charge on any atom is 0.338 e. The average molecular weight is 868 g/mol. The number of benzene rings is 3. The summed E-state index contributed by atoms with van der Waals surface area (Å²) in [6.07, 6.45) is 2.56. The molecule has 52 heavy (non-hydrogen) atoms. The second kappa shape index (κ2) is 34.6. The highest BCUT2D eigenvalue weighted by Gasteiger charge is 2.19. The van der Waals surface area contributed by atoms with Crippen molar-refractivity contribution in [3.05, 3.63) is 106 Å². The Labute approximate surface area is 336 Å². The number of amides is 2. The Morgan fingerprint density at radius 2 is 1.29 bits per heavy atom. The standard InChI is InChI=1S/C10H13N3OS.C9H11NO2.C8H6O2.C4H8O.CH2Cl2.CH4N2S.CH5N.BrH/c1-13-9(14)8-5-3-2-4-7(8)6-15-10(11)12;1-10-9(12)8-5-3-2-4-7(8)6-11;9-8-7-4-2-1-3-6(7)5-10-8;1-2-4-5-3-1;2-1-3;2-1(3)4;1-2;/h2-5H,6H2,1H3,(H3,11,12)(H,13,14);2-5,11H,6H2,1H3,(H,10,12);1-4H,5H2;1-4H2;1H2;(H4,2,3,4);2H2,1H3;1H. The molecule has 1 fully saturated rings. The van der Waals surface area contributed by atoms with Gasteiger partial charge in [0.2, 0.25) is 0 Å². The molecular formula is C34H50BrCl2N7O6S2. The quantitative estimate of drug-likeness (QED) is 0.0576. The van der Waals surface area contributed by atoms with Crippen LogP contribution in [0.1, 0.15) is 60.6 Å². The number of carbonyl (C=O) groups excluding carboxylic acids is 3. The zero-order valence-electron chi connectivity index (χ0n) is 29.4. The minimum absolute atomic E-state index is 0. The molecule has 0 atom stereocenters. The number of nitrogens with two attached hydrogens (primary N) is 4. The van der Waals surface area contributed by atoms with Gasteiger partial charge in [0.1, 0.15) is 6.61 Å². The Bertz CT molecular complexity index is 1460. The van der Waals surface area contributed by atoms with E-state index in [-0.39, 0.29) is 57.0 Å². The van der Waals surface area contributed by atoms with Crippen LogP contribution in [0.15, 0.2) is 72.8 Å². The van der Waals surface area contributed by atoms with Crippen molar-refractivity contribution in [2.24, 2.45) is 22.9 Å². The molecule has 3 aromatic rings. The van der Waals surface area contributed by atoms with Gasteiger partial charge in [0.15, 0.2) is 10.3 Å². The number of amidine groups is 1. The van der Waals surface area contributed by atoms with Crippen LogP contribution in [0, 0.1) is 5.41 Å². The molecule has 2 amide bonds. The molecule has 0 aliphatic carbocycles. The molecular weight excluding hydrogens is 817 g/mol. The van der Waals surface area contributed by atoms with Crippen LogP contribution < -0.4 is 33.6 Å². The van der Waals surface area contributed by atoms with Gasteiger partial charge in [-0.3, -0.25) is 15.0 Å². The maximum absolute atomic E-state index is 11.5. The van der Waals surface area contributed by atoms with Crippen LogP contribution in [0.25, 0.3) is 0 Å². The molecule has 18 heteroatoms. The van der Waals surface area contributed by atoms with Crippen LogP contribution in [0.2, 0.25) is 0 Å². The SMILES string of the molecule is Br.C1CCOC1.CN.CNC(=O)c1ccccc1CO.CNC(=O)c1ccccc1CSC(=N)N.ClCCl.NC(N)=S.O=C1OCc2ccccc21. The van der Waals surface area contributed by atoms with Crippen molar-refractivity contribution in [3.8, 4) is 0 Å². The number of thioether (sulfide) groups is 1. The lowest BCUT2D eigenvalue weighted by atomic mass is 10.1. The van der Waals surface area contributed by atoms with Crippen molar-refractivity contribution >= 4 is 92.2 Å². The number of thiocarbonyl (C=S) groups is 1. The lowest BCUT2D eigenvalue weighted by Gasteiger charge is -2.06. The molecule has 0 unspecified atom stereocenters. The summed E-state index contributed by atoms with van der Waals surface area (Å²) < 4.78 is 9.73. The van der Waals surface area contributed by atoms with Crippen LogP contribution in [-0.4, -0.2) is 72.9 Å². The highest BCUT2D eigenvalue weighted by molar-refractivity contribution is 8.93. The number of aliphatic hydroxyl groups excluding tert-OH is 1. The smallest absolute Gasteiger partial charge is 0.338 e. The van der Waals surface area contributed by atoms with E-state index >= 15 is 0 Å². The van der Waals surface area contributed by atoms with Crippen molar-refractivity contribution in [1.29, 1.82) is 5.41 Å². The van der Waals surface area contributed by atoms with Gasteiger partial charge in [0.05, 0.1) is 17.5 Å².